The first-order valence-corrected chi connectivity index (χ1v) is 10.9. The van der Waals surface area contributed by atoms with E-state index in [1.807, 2.05) is 5.38 Å². The van der Waals surface area contributed by atoms with Crippen LogP contribution in [0.1, 0.15) is 48.9 Å². The molecule has 5 heteroatoms. The molecule has 1 saturated carbocycles. The van der Waals surface area contributed by atoms with Crippen LogP contribution in [0.2, 0.25) is 0 Å². The third kappa shape index (κ3) is 6.15. The molecule has 0 unspecified atom stereocenters. The minimum Gasteiger partial charge on any atom is -0.355 e. The zero-order chi connectivity index (χ0) is 17.5. The number of thiazole rings is 1. The first-order chi connectivity index (χ1) is 12.2. The number of benzene rings is 1. The summed E-state index contributed by atoms with van der Waals surface area (Å²) < 4.78 is 1.04. The highest BCUT2D eigenvalue weighted by atomic mass is 32.2. The second kappa shape index (κ2) is 9.39. The zero-order valence-corrected chi connectivity index (χ0v) is 16.4. The smallest absolute Gasteiger partial charge is 0.226 e. The first kappa shape index (κ1) is 18.5. The monoisotopic (exact) mass is 374 g/mol. The van der Waals surface area contributed by atoms with Crippen molar-refractivity contribution in [3.63, 3.8) is 0 Å². The maximum absolute atomic E-state index is 12.1. The van der Waals surface area contributed by atoms with Crippen LogP contribution in [0.5, 0.6) is 0 Å². The maximum atomic E-state index is 12.1. The summed E-state index contributed by atoms with van der Waals surface area (Å²) >= 11 is 3.37. The molecule has 134 valence electrons. The maximum Gasteiger partial charge on any atom is 0.226 e. The Bertz CT molecular complexity index is 675. The molecule has 25 heavy (non-hydrogen) atoms. The molecule has 1 aromatic heterocycles. The molecule has 1 fully saturated rings. The Balaban J connectivity index is 1.41. The lowest BCUT2D eigenvalue weighted by atomic mass is 9.89. The van der Waals surface area contributed by atoms with E-state index in [0.717, 1.165) is 22.3 Å². The van der Waals surface area contributed by atoms with Crippen molar-refractivity contribution in [1.29, 1.82) is 0 Å². The Labute approximate surface area is 158 Å². The molecule has 0 radical (unpaired) electrons. The molecule has 1 aliphatic rings. The van der Waals surface area contributed by atoms with Gasteiger partial charge in [-0.2, -0.15) is 0 Å². The van der Waals surface area contributed by atoms with Gasteiger partial charge in [0.2, 0.25) is 5.91 Å². The zero-order valence-electron chi connectivity index (χ0n) is 14.8. The van der Waals surface area contributed by atoms with E-state index >= 15 is 0 Å². The van der Waals surface area contributed by atoms with E-state index in [9.17, 15) is 4.79 Å². The highest BCUT2D eigenvalue weighted by Gasteiger charge is 2.15. The van der Waals surface area contributed by atoms with Crippen molar-refractivity contribution in [2.45, 2.75) is 55.5 Å². The topological polar surface area (TPSA) is 42.0 Å². The Morgan fingerprint density at radius 2 is 2.00 bits per heavy atom. The van der Waals surface area contributed by atoms with Gasteiger partial charge in [0.25, 0.3) is 0 Å². The molecule has 0 saturated heterocycles. The average Bonchev–Trinajstić information content (AvgIpc) is 3.08. The van der Waals surface area contributed by atoms with E-state index in [1.165, 1.54) is 43.2 Å². The molecule has 1 aliphatic carbocycles. The largest absolute Gasteiger partial charge is 0.355 e. The number of hydrogen-bond donors (Lipinski definition) is 1. The minimum atomic E-state index is 0.103. The van der Waals surface area contributed by atoms with Crippen LogP contribution in [0.15, 0.2) is 34.0 Å². The molecule has 3 nitrogen and oxygen atoms in total. The number of thioether (sulfide) groups is 1. The molecular formula is C20H26N2OS2. The highest BCUT2D eigenvalue weighted by molar-refractivity contribution is 8.00. The van der Waals surface area contributed by atoms with Crippen molar-refractivity contribution >= 4 is 29.0 Å². The number of nitrogens with one attached hydrogen (secondary N) is 1. The summed E-state index contributed by atoms with van der Waals surface area (Å²) in [6.07, 6.45) is 6.90. The molecule has 0 spiro atoms. The normalized spacial score (nSPS) is 15.2. The number of aromatic nitrogens is 1. The summed E-state index contributed by atoms with van der Waals surface area (Å²) in [5, 5.41) is 5.10. The number of rotatable bonds is 7. The van der Waals surface area contributed by atoms with Gasteiger partial charge in [0.1, 0.15) is 4.34 Å². The molecule has 1 N–H and O–H groups in total. The predicted molar refractivity (Wildman–Crippen MR) is 106 cm³/mol. The van der Waals surface area contributed by atoms with Gasteiger partial charge in [-0.25, -0.2) is 4.98 Å². The van der Waals surface area contributed by atoms with Gasteiger partial charge >= 0.3 is 0 Å². The van der Waals surface area contributed by atoms with Crippen LogP contribution in [0, 0.1) is 12.8 Å². The molecule has 2 aromatic rings. The summed E-state index contributed by atoms with van der Waals surface area (Å²) in [5.41, 5.74) is 3.47. The Hall–Kier alpha value is -1.33. The van der Waals surface area contributed by atoms with Gasteiger partial charge in [-0.15, -0.1) is 11.3 Å². The van der Waals surface area contributed by atoms with Crippen LogP contribution < -0.4 is 5.32 Å². The van der Waals surface area contributed by atoms with Gasteiger partial charge in [-0.05, 0) is 31.2 Å². The van der Waals surface area contributed by atoms with Gasteiger partial charge in [-0.3, -0.25) is 4.79 Å². The van der Waals surface area contributed by atoms with Gasteiger partial charge in [0.15, 0.2) is 0 Å². The molecule has 0 atom stereocenters. The van der Waals surface area contributed by atoms with E-state index in [2.05, 4.69) is 41.5 Å². The third-order valence-electron chi connectivity index (χ3n) is 4.67. The number of nitrogens with zero attached hydrogens (tertiary/aromatic N) is 1. The number of aryl methyl sites for hydroxylation is 1. The second-order valence-corrected chi connectivity index (χ2v) is 8.94. The molecular weight excluding hydrogens is 348 g/mol. The SMILES string of the molecule is Cc1ccc(CSc2nc(CC(=O)NCC3CCCCC3)cs2)cc1. The number of carbonyl (C=O) groups is 1. The summed E-state index contributed by atoms with van der Waals surface area (Å²) in [6, 6.07) is 8.60. The highest BCUT2D eigenvalue weighted by Crippen LogP contribution is 2.26. The lowest BCUT2D eigenvalue weighted by Crippen LogP contribution is -2.31. The first-order valence-electron chi connectivity index (χ1n) is 9.08. The van der Waals surface area contributed by atoms with Gasteiger partial charge in [-0.1, -0.05) is 60.9 Å². The van der Waals surface area contributed by atoms with Crippen molar-refractivity contribution in [2.75, 3.05) is 6.54 Å². The second-order valence-electron chi connectivity index (χ2n) is 6.86. The lowest BCUT2D eigenvalue weighted by molar-refractivity contribution is -0.120. The fourth-order valence-corrected chi connectivity index (χ4v) is 4.94. The molecule has 1 amide bonds. The average molecular weight is 375 g/mol. The van der Waals surface area contributed by atoms with Crippen LogP contribution >= 0.6 is 23.1 Å². The van der Waals surface area contributed by atoms with E-state index in [-0.39, 0.29) is 5.91 Å². The van der Waals surface area contributed by atoms with E-state index in [0.29, 0.717) is 12.3 Å². The van der Waals surface area contributed by atoms with Crippen molar-refractivity contribution < 1.29 is 4.79 Å². The fraction of sp³-hybridized carbons (Fsp3) is 0.500. The minimum absolute atomic E-state index is 0.103. The number of amides is 1. The van der Waals surface area contributed by atoms with Crippen molar-refractivity contribution in [1.82, 2.24) is 10.3 Å². The van der Waals surface area contributed by atoms with Gasteiger partial charge in [0.05, 0.1) is 12.1 Å². The third-order valence-corrected chi connectivity index (χ3v) is 6.81. The van der Waals surface area contributed by atoms with Crippen LogP contribution in [-0.2, 0) is 17.0 Å². The number of carbonyl (C=O) groups excluding carboxylic acids is 1. The van der Waals surface area contributed by atoms with Gasteiger partial charge in [0, 0.05) is 17.7 Å². The van der Waals surface area contributed by atoms with E-state index in [4.69, 9.17) is 0 Å². The van der Waals surface area contributed by atoms with Crippen molar-refractivity contribution in [3.05, 3.63) is 46.5 Å². The van der Waals surface area contributed by atoms with Gasteiger partial charge < -0.3 is 5.32 Å². The van der Waals surface area contributed by atoms with Crippen molar-refractivity contribution in [2.24, 2.45) is 5.92 Å². The van der Waals surface area contributed by atoms with E-state index in [1.54, 1.807) is 23.1 Å². The molecule has 1 heterocycles. The standard InChI is InChI=1S/C20H26N2OS2/c1-15-7-9-17(10-8-15)13-24-20-22-18(14-25-20)11-19(23)21-12-16-5-3-2-4-6-16/h7-10,14,16H,2-6,11-13H2,1H3,(H,21,23). The summed E-state index contributed by atoms with van der Waals surface area (Å²) in [5.74, 6) is 1.70. The lowest BCUT2D eigenvalue weighted by Gasteiger charge is -2.21. The Kier molecular flexibility index (Phi) is 6.93. The summed E-state index contributed by atoms with van der Waals surface area (Å²) in [6.45, 7) is 2.93. The van der Waals surface area contributed by atoms with Crippen LogP contribution in [0.4, 0.5) is 0 Å². The Morgan fingerprint density at radius 3 is 2.76 bits per heavy atom. The van der Waals surface area contributed by atoms with E-state index < -0.39 is 0 Å². The molecule has 0 aliphatic heterocycles. The number of hydrogen-bond acceptors (Lipinski definition) is 4. The summed E-state index contributed by atoms with van der Waals surface area (Å²) in [4.78, 5) is 16.7. The molecule has 0 bridgehead atoms. The molecule has 1 aromatic carbocycles. The van der Waals surface area contributed by atoms with Crippen LogP contribution in [0.3, 0.4) is 0 Å². The van der Waals surface area contributed by atoms with Crippen LogP contribution in [-0.4, -0.2) is 17.4 Å². The Morgan fingerprint density at radius 1 is 1.24 bits per heavy atom. The summed E-state index contributed by atoms with van der Waals surface area (Å²) in [7, 11) is 0. The quantitative estimate of drug-likeness (QED) is 0.695. The van der Waals surface area contributed by atoms with Crippen molar-refractivity contribution in [3.8, 4) is 0 Å². The van der Waals surface area contributed by atoms with Crippen LogP contribution in [0.25, 0.3) is 0 Å². The molecule has 3 rings (SSSR count). The fourth-order valence-electron chi connectivity index (χ4n) is 3.14. The predicted octanol–water partition coefficient (Wildman–Crippen LogP) is 4.98.